The van der Waals surface area contributed by atoms with Gasteiger partial charge in [-0.2, -0.15) is 5.10 Å². The van der Waals surface area contributed by atoms with E-state index in [4.69, 9.17) is 14.4 Å². The third-order valence-corrected chi connectivity index (χ3v) is 17.4. The Bertz CT molecular complexity index is 3170. The van der Waals surface area contributed by atoms with Crippen molar-refractivity contribution in [1.29, 1.82) is 0 Å². The average molecular weight is 902 g/mol. The third-order valence-electron chi connectivity index (χ3n) is 14.1. The average Bonchev–Trinajstić information content (AvgIpc) is 3.60. The Balaban J connectivity index is 1.10. The zero-order valence-electron chi connectivity index (χ0n) is 37.5. The van der Waals surface area contributed by atoms with Crippen LogP contribution in [0.4, 0.5) is 10.1 Å². The number of aromatic amines is 1. The second-order valence-electron chi connectivity index (χ2n) is 17.8. The fourth-order valence-corrected chi connectivity index (χ4v) is 12.4. The number of rotatable bonds is 11. The highest BCUT2D eigenvalue weighted by atomic mass is 31.2. The number of nitrogens with one attached hydrogen (secondary N) is 2. The molecule has 3 aliphatic rings. The number of H-pyrrole nitrogens is 1. The van der Waals surface area contributed by atoms with Gasteiger partial charge in [-0.15, -0.1) is 0 Å². The van der Waals surface area contributed by atoms with Crippen LogP contribution in [0.15, 0.2) is 81.1 Å². The van der Waals surface area contributed by atoms with Crippen molar-refractivity contribution in [2.24, 2.45) is 0 Å². The van der Waals surface area contributed by atoms with E-state index in [1.54, 1.807) is 50.1 Å². The number of anilines is 1. The molecular formula is C48H53FN9O6P. The Labute approximate surface area is 374 Å². The number of aromatic nitrogens is 7. The van der Waals surface area contributed by atoms with Crippen LogP contribution in [0.1, 0.15) is 103 Å². The van der Waals surface area contributed by atoms with E-state index in [0.29, 0.717) is 114 Å². The van der Waals surface area contributed by atoms with E-state index in [1.165, 1.54) is 14.7 Å². The number of carbonyl (C=O) groups excluding carboxylic acids is 1. The van der Waals surface area contributed by atoms with Crippen LogP contribution in [-0.2, 0) is 21.3 Å². The largest absolute Gasteiger partial charge is 0.438 e. The number of carbonyl (C=O) groups is 1. The van der Waals surface area contributed by atoms with Gasteiger partial charge in [0.05, 0.1) is 23.1 Å². The molecule has 1 aliphatic carbocycles. The summed E-state index contributed by atoms with van der Waals surface area (Å²) < 4.78 is 46.4. The van der Waals surface area contributed by atoms with E-state index in [1.807, 2.05) is 54.5 Å². The van der Waals surface area contributed by atoms with Gasteiger partial charge in [0.15, 0.2) is 5.82 Å². The van der Waals surface area contributed by atoms with Gasteiger partial charge in [-0.3, -0.25) is 23.4 Å². The first-order valence-corrected chi connectivity index (χ1v) is 24.6. The molecule has 1 saturated heterocycles. The van der Waals surface area contributed by atoms with E-state index in [-0.39, 0.29) is 17.4 Å². The fraction of sp³-hybridized carbons (Fsp3) is 0.396. The molecule has 0 bridgehead atoms. The fourth-order valence-electron chi connectivity index (χ4n) is 10.3. The Hall–Kier alpha value is -6.25. The normalized spacial score (nSPS) is 17.5. The molecule has 338 valence electrons. The molecule has 1 atom stereocenters. The summed E-state index contributed by atoms with van der Waals surface area (Å²) in [6.07, 6.45) is 7.92. The van der Waals surface area contributed by atoms with E-state index in [2.05, 4.69) is 33.7 Å². The summed E-state index contributed by atoms with van der Waals surface area (Å²) in [6, 6.07) is 16.7. The second-order valence-corrected chi connectivity index (χ2v) is 21.3. The summed E-state index contributed by atoms with van der Waals surface area (Å²) in [5, 5.41) is 14.1. The summed E-state index contributed by atoms with van der Waals surface area (Å²) in [4.78, 5) is 47.2. The van der Waals surface area contributed by atoms with Crippen molar-refractivity contribution >= 4 is 34.9 Å². The molecule has 17 heteroatoms. The highest BCUT2D eigenvalue weighted by Gasteiger charge is 2.52. The minimum atomic E-state index is -2.65. The molecular weight excluding hydrogens is 849 g/mol. The molecule has 0 spiro atoms. The van der Waals surface area contributed by atoms with E-state index in [0.717, 1.165) is 29.0 Å². The maximum atomic E-state index is 15.4. The summed E-state index contributed by atoms with van der Waals surface area (Å²) in [6.45, 7) is 11.0. The summed E-state index contributed by atoms with van der Waals surface area (Å²) in [5.41, 5.74) is 5.42. The molecule has 2 N–H and O–H groups in total. The highest BCUT2D eigenvalue weighted by molar-refractivity contribution is 7.71. The standard InChI is InChI=1S/C48H53FN9O6P/c1-7-65(62,8-2)40-12-10-34(27-37(40)50-6)55-19-20-56(47(55)61)43-41-30(5)54(18-13-36(41)52-58(43)35-23-28(3)42(49)29(4)24-35)44(59)39-26-33-25-32(31-14-21-63-22-15-31)9-11-38(33)57(39)48(16-17-48)45-51-46(60)64-53-45/h9-12,19-20,23-27,30-31,50H,7-8,13-18,21-22H2,1-6H3,(H,51,53,60)/t30-/m0/s1. The van der Waals surface area contributed by atoms with E-state index in [9.17, 15) is 14.2 Å². The van der Waals surface area contributed by atoms with Crippen LogP contribution in [0.3, 0.4) is 0 Å². The first-order valence-electron chi connectivity index (χ1n) is 22.5. The monoisotopic (exact) mass is 901 g/mol. The molecule has 0 radical (unpaired) electrons. The molecule has 2 aliphatic heterocycles. The number of nitrogens with zero attached hydrogens (tertiary/aromatic N) is 7. The highest BCUT2D eigenvalue weighted by Crippen LogP contribution is 2.51. The van der Waals surface area contributed by atoms with Gasteiger partial charge in [0.25, 0.3) is 5.91 Å². The predicted octanol–water partition coefficient (Wildman–Crippen LogP) is 7.46. The number of halogens is 1. The van der Waals surface area contributed by atoms with Crippen molar-refractivity contribution in [2.75, 3.05) is 44.4 Å². The molecule has 3 aromatic carbocycles. The number of aryl methyl sites for hydroxylation is 2. The van der Waals surface area contributed by atoms with Gasteiger partial charge in [0.2, 0.25) is 0 Å². The van der Waals surface area contributed by atoms with Crippen molar-refractivity contribution in [3.8, 4) is 17.2 Å². The smallest absolute Gasteiger partial charge is 0.387 e. The van der Waals surface area contributed by atoms with Gasteiger partial charge in [0, 0.05) is 85.4 Å². The number of hydrogen-bond acceptors (Lipinski definition) is 9. The number of imidazole rings is 1. The molecule has 6 heterocycles. The molecule has 15 nitrogen and oxygen atoms in total. The molecule has 2 fully saturated rings. The third kappa shape index (κ3) is 6.86. The minimum Gasteiger partial charge on any atom is -0.387 e. The zero-order chi connectivity index (χ0) is 45.5. The van der Waals surface area contributed by atoms with Crippen molar-refractivity contribution in [3.05, 3.63) is 133 Å². The van der Waals surface area contributed by atoms with Crippen molar-refractivity contribution in [1.82, 2.24) is 38.5 Å². The Kier molecular flexibility index (Phi) is 10.5. The van der Waals surface area contributed by atoms with Gasteiger partial charge in [-0.1, -0.05) is 25.1 Å². The lowest BCUT2D eigenvalue weighted by Crippen LogP contribution is -2.41. The first-order chi connectivity index (χ1) is 31.3. The number of ether oxygens (including phenoxy) is 1. The number of benzene rings is 3. The quantitative estimate of drug-likeness (QED) is 0.125. The van der Waals surface area contributed by atoms with Gasteiger partial charge < -0.3 is 24.1 Å². The summed E-state index contributed by atoms with van der Waals surface area (Å²) in [7, 11) is -0.869. The van der Waals surface area contributed by atoms with Crippen LogP contribution in [-0.4, -0.2) is 83.6 Å². The zero-order valence-corrected chi connectivity index (χ0v) is 38.4. The van der Waals surface area contributed by atoms with Crippen molar-refractivity contribution in [3.63, 3.8) is 0 Å². The summed E-state index contributed by atoms with van der Waals surface area (Å²) in [5.74, 6) is -0.0593. The van der Waals surface area contributed by atoms with Crippen LogP contribution >= 0.6 is 7.14 Å². The predicted molar refractivity (Wildman–Crippen MR) is 247 cm³/mol. The molecule has 1 amide bonds. The van der Waals surface area contributed by atoms with Gasteiger partial charge in [0.1, 0.15) is 30.0 Å². The first kappa shape index (κ1) is 42.7. The number of amides is 1. The second kappa shape index (κ2) is 16.0. The van der Waals surface area contributed by atoms with Crippen LogP contribution in [0.25, 0.3) is 28.1 Å². The molecule has 4 aromatic heterocycles. The van der Waals surface area contributed by atoms with Crippen molar-refractivity contribution in [2.45, 2.75) is 84.2 Å². The number of hydrogen-bond donors (Lipinski definition) is 2. The van der Waals surface area contributed by atoms with Gasteiger partial charge >= 0.3 is 11.4 Å². The Morgan fingerprint density at radius 2 is 1.69 bits per heavy atom. The molecule has 0 unspecified atom stereocenters. The Morgan fingerprint density at radius 3 is 2.35 bits per heavy atom. The lowest BCUT2D eigenvalue weighted by molar-refractivity contribution is 0.0664. The Morgan fingerprint density at radius 1 is 0.969 bits per heavy atom. The van der Waals surface area contributed by atoms with Crippen LogP contribution in [0, 0.1) is 19.7 Å². The lowest BCUT2D eigenvalue weighted by Gasteiger charge is -2.34. The van der Waals surface area contributed by atoms with Gasteiger partial charge in [-0.25, -0.2) is 18.7 Å². The minimum absolute atomic E-state index is 0.225. The van der Waals surface area contributed by atoms with Crippen LogP contribution < -0.4 is 22.1 Å². The number of fused-ring (bicyclic) bond motifs is 2. The van der Waals surface area contributed by atoms with Crippen molar-refractivity contribution < 1.29 is 23.0 Å². The van der Waals surface area contributed by atoms with Crippen LogP contribution in [0.5, 0.6) is 0 Å². The maximum Gasteiger partial charge on any atom is 0.438 e. The van der Waals surface area contributed by atoms with Crippen LogP contribution in [0.2, 0.25) is 0 Å². The van der Waals surface area contributed by atoms with Gasteiger partial charge in [-0.05, 0) is 118 Å². The molecule has 65 heavy (non-hydrogen) atoms. The molecule has 1 saturated carbocycles. The van der Waals surface area contributed by atoms with E-state index >= 15 is 9.18 Å². The van der Waals surface area contributed by atoms with E-state index < -0.39 is 24.5 Å². The molecule has 10 rings (SSSR count). The maximum absolute atomic E-state index is 15.4. The topological polar surface area (TPSA) is 167 Å². The lowest BCUT2D eigenvalue weighted by atomic mass is 9.91. The SMILES string of the molecule is CCP(=O)(CC)c1ccc(-n2ccn(-c3c4c(nn3-c3cc(C)c(F)c(C)c3)CCN(C(=O)c3cc5cc(C6CCOCC6)ccc5n3C3(c5noc(=O)[nH]5)CC3)[C@H]4C)c2=O)cc1NC. The molecule has 7 aromatic rings. The summed E-state index contributed by atoms with van der Waals surface area (Å²) >= 11 is 0.